The van der Waals surface area contributed by atoms with E-state index in [0.717, 1.165) is 11.4 Å². The Bertz CT molecular complexity index is 2970. The molecule has 6 heteroatoms. The zero-order valence-electron chi connectivity index (χ0n) is 31.0. The highest BCUT2D eigenvalue weighted by Crippen LogP contribution is 2.46. The summed E-state index contributed by atoms with van der Waals surface area (Å²) >= 11 is 1.86. The Balaban J connectivity index is 0.898. The molecule has 1 aliphatic carbocycles. The van der Waals surface area contributed by atoms with Crippen molar-refractivity contribution in [3.63, 3.8) is 0 Å². The number of fused-ring (bicyclic) bond motifs is 9. The summed E-state index contributed by atoms with van der Waals surface area (Å²) in [5.74, 6) is 1.12. The highest BCUT2D eigenvalue weighted by atomic mass is 32.1. The Kier molecular flexibility index (Phi) is 7.60. The molecule has 4 unspecified atom stereocenters. The van der Waals surface area contributed by atoms with Gasteiger partial charge in [-0.1, -0.05) is 127 Å². The number of benzene rings is 7. The van der Waals surface area contributed by atoms with Crippen molar-refractivity contribution in [2.24, 2.45) is 0 Å². The Labute approximate surface area is 334 Å². The summed E-state index contributed by atoms with van der Waals surface area (Å²) in [6, 6.07) is 59.2. The van der Waals surface area contributed by atoms with Crippen LogP contribution in [-0.4, -0.2) is 10.7 Å². The van der Waals surface area contributed by atoms with Crippen LogP contribution < -0.4 is 20.7 Å². The van der Waals surface area contributed by atoms with Crippen LogP contribution in [0.2, 0.25) is 0 Å². The molecule has 12 rings (SSSR count). The first-order valence-electron chi connectivity index (χ1n) is 19.8. The van der Waals surface area contributed by atoms with E-state index in [0.29, 0.717) is 0 Å². The van der Waals surface area contributed by atoms with Gasteiger partial charge in [0, 0.05) is 48.1 Å². The van der Waals surface area contributed by atoms with E-state index in [9.17, 15) is 0 Å². The molecule has 5 nitrogen and oxygen atoms in total. The van der Waals surface area contributed by atoms with Crippen LogP contribution in [0.1, 0.15) is 46.7 Å². The minimum Gasteiger partial charge on any atom is -0.485 e. The average molecular weight is 755 g/mol. The largest absolute Gasteiger partial charge is 0.485 e. The van der Waals surface area contributed by atoms with Crippen molar-refractivity contribution in [2.75, 3.05) is 0 Å². The van der Waals surface area contributed by atoms with Gasteiger partial charge in [0.25, 0.3) is 0 Å². The predicted molar refractivity (Wildman–Crippen MR) is 235 cm³/mol. The van der Waals surface area contributed by atoms with Crippen LogP contribution >= 0.6 is 11.3 Å². The smallest absolute Gasteiger partial charge is 0.130 e. The number of hydrogen-bond acceptors (Lipinski definition) is 5. The lowest BCUT2D eigenvalue weighted by Gasteiger charge is -2.40. The number of ether oxygens (including phenoxy) is 1. The van der Waals surface area contributed by atoms with Gasteiger partial charge in [0.15, 0.2) is 0 Å². The molecular formula is C51H38N4OS. The lowest BCUT2D eigenvalue weighted by Crippen LogP contribution is -2.54. The van der Waals surface area contributed by atoms with Crippen LogP contribution in [0.5, 0.6) is 5.75 Å². The maximum atomic E-state index is 6.68. The number of allylic oxidation sites excluding steroid dienone is 2. The van der Waals surface area contributed by atoms with Gasteiger partial charge in [0.05, 0.1) is 29.5 Å². The van der Waals surface area contributed by atoms with Gasteiger partial charge in [0.1, 0.15) is 11.9 Å². The molecular weight excluding hydrogens is 717 g/mol. The number of rotatable bonds is 5. The molecule has 57 heavy (non-hydrogen) atoms. The van der Waals surface area contributed by atoms with Crippen LogP contribution in [0.4, 0.5) is 0 Å². The summed E-state index contributed by atoms with van der Waals surface area (Å²) in [5.41, 5.74) is 10.9. The second kappa shape index (κ2) is 13.2. The number of thiophene rings is 1. The van der Waals surface area contributed by atoms with Crippen LogP contribution in [-0.2, 0) is 0 Å². The Hall–Kier alpha value is -6.28. The fourth-order valence-corrected chi connectivity index (χ4v) is 10.5. The van der Waals surface area contributed by atoms with Crippen molar-refractivity contribution >= 4 is 59.0 Å². The van der Waals surface area contributed by atoms with Crippen molar-refractivity contribution < 1.29 is 4.74 Å². The third-order valence-corrected chi connectivity index (χ3v) is 13.2. The summed E-state index contributed by atoms with van der Waals surface area (Å²) in [4.78, 5) is 0. The van der Waals surface area contributed by atoms with Crippen LogP contribution in [0, 0.1) is 0 Å². The van der Waals surface area contributed by atoms with E-state index in [1.54, 1.807) is 0 Å². The topological polar surface area (TPSA) is 50.2 Å². The standard InChI is InChI=1S/C51H38N4OS/c1-3-12-31(13-4-1)49-52-50(32-14-5-2-6-15-32)54-51(53-49)39-18-11-21-47-48(39)41-29-34(23-27-46(41)57-47)33-22-26-44-40(28-33)38-25-24-35(30-45(38)56-44)55-42-19-9-7-16-36(42)37-17-8-10-20-43(37)55/h1-30,38,45,49-54H. The molecule has 1 saturated heterocycles. The van der Waals surface area contributed by atoms with E-state index in [1.807, 2.05) is 11.3 Å². The van der Waals surface area contributed by atoms with E-state index < -0.39 is 0 Å². The van der Waals surface area contributed by atoms with Gasteiger partial charge in [-0.3, -0.25) is 16.0 Å². The molecule has 4 atom stereocenters. The Morgan fingerprint density at radius 1 is 0.509 bits per heavy atom. The monoisotopic (exact) mass is 754 g/mol. The predicted octanol–water partition coefficient (Wildman–Crippen LogP) is 12.0. The van der Waals surface area contributed by atoms with E-state index >= 15 is 0 Å². The summed E-state index contributed by atoms with van der Waals surface area (Å²) in [7, 11) is 0. The molecule has 0 radical (unpaired) electrons. The number of nitrogens with one attached hydrogen (secondary N) is 3. The van der Waals surface area contributed by atoms with Gasteiger partial charge in [-0.05, 0) is 82.4 Å². The first kappa shape index (κ1) is 32.9. The highest BCUT2D eigenvalue weighted by Gasteiger charge is 2.35. The van der Waals surface area contributed by atoms with Gasteiger partial charge >= 0.3 is 0 Å². The van der Waals surface area contributed by atoms with Gasteiger partial charge in [-0.2, -0.15) is 0 Å². The highest BCUT2D eigenvalue weighted by molar-refractivity contribution is 7.25. The van der Waals surface area contributed by atoms with Crippen molar-refractivity contribution in [1.82, 2.24) is 20.5 Å². The average Bonchev–Trinajstić information content (AvgIpc) is 3.95. The SMILES string of the molecule is C1=CC2c3cc(-c4ccc5sc6cccc(C7NC(c8ccccc8)NC(c8ccccc8)N7)c6c5c4)ccc3OC2C=C1n1c2ccccc2c2ccccc21. The molecule has 0 saturated carbocycles. The molecule has 1 fully saturated rings. The molecule has 0 spiro atoms. The van der Waals surface area contributed by atoms with Crippen molar-refractivity contribution in [3.05, 3.63) is 204 Å². The van der Waals surface area contributed by atoms with Crippen molar-refractivity contribution in [2.45, 2.75) is 30.5 Å². The molecule has 0 amide bonds. The van der Waals surface area contributed by atoms with Gasteiger partial charge < -0.3 is 9.30 Å². The maximum Gasteiger partial charge on any atom is 0.130 e. The van der Waals surface area contributed by atoms with Crippen LogP contribution in [0.15, 0.2) is 182 Å². The van der Waals surface area contributed by atoms with Crippen LogP contribution in [0.25, 0.3) is 58.8 Å². The summed E-state index contributed by atoms with van der Waals surface area (Å²) < 4.78 is 11.6. The molecule has 0 bridgehead atoms. The Morgan fingerprint density at radius 3 is 1.86 bits per heavy atom. The molecule has 3 aliphatic rings. The summed E-state index contributed by atoms with van der Waals surface area (Å²) in [6.07, 6.45) is 6.72. The van der Waals surface area contributed by atoms with Gasteiger partial charge in [0.2, 0.25) is 0 Å². The number of nitrogens with zero attached hydrogens (tertiary/aromatic N) is 1. The van der Waals surface area contributed by atoms with E-state index in [1.165, 1.54) is 75.4 Å². The second-order valence-electron chi connectivity index (χ2n) is 15.3. The lowest BCUT2D eigenvalue weighted by atomic mass is 9.89. The molecule has 3 N–H and O–H groups in total. The summed E-state index contributed by atoms with van der Waals surface area (Å²) in [5, 5.41) is 16.8. The quantitative estimate of drug-likeness (QED) is 0.164. The van der Waals surface area contributed by atoms with E-state index in [4.69, 9.17) is 4.74 Å². The van der Waals surface area contributed by atoms with Gasteiger partial charge in [-0.25, -0.2) is 0 Å². The molecule has 2 aliphatic heterocycles. The fraction of sp³-hybridized carbons (Fsp3) is 0.0980. The molecule has 9 aromatic rings. The Morgan fingerprint density at radius 2 is 1.14 bits per heavy atom. The first-order chi connectivity index (χ1) is 28.2. The van der Waals surface area contributed by atoms with Crippen molar-refractivity contribution in [1.29, 1.82) is 0 Å². The minimum atomic E-state index is -0.0838. The first-order valence-corrected chi connectivity index (χ1v) is 20.6. The molecule has 274 valence electrons. The van der Waals surface area contributed by atoms with Gasteiger partial charge in [-0.15, -0.1) is 11.3 Å². The lowest BCUT2D eigenvalue weighted by molar-refractivity contribution is 0.204. The minimum absolute atomic E-state index is 0.0300. The van der Waals surface area contributed by atoms with Crippen LogP contribution in [0.3, 0.4) is 0 Å². The zero-order chi connectivity index (χ0) is 37.5. The fourth-order valence-electron chi connectivity index (χ4n) is 9.39. The number of para-hydroxylation sites is 2. The van der Waals surface area contributed by atoms with E-state index in [-0.39, 0.29) is 30.5 Å². The molecule has 7 aromatic carbocycles. The molecule has 4 heterocycles. The molecule has 2 aromatic heterocycles. The third-order valence-electron chi connectivity index (χ3n) is 12.1. The van der Waals surface area contributed by atoms with Crippen molar-refractivity contribution in [3.8, 4) is 16.9 Å². The second-order valence-corrected chi connectivity index (χ2v) is 16.4. The number of hydrogen-bond donors (Lipinski definition) is 3. The number of aromatic nitrogens is 1. The normalized spacial score (nSPS) is 21.5. The summed E-state index contributed by atoms with van der Waals surface area (Å²) in [6.45, 7) is 0. The van der Waals surface area contributed by atoms with E-state index in [2.05, 4.69) is 203 Å². The third kappa shape index (κ3) is 5.41. The maximum absolute atomic E-state index is 6.68. The zero-order valence-corrected chi connectivity index (χ0v) is 31.8.